The van der Waals surface area contributed by atoms with Crippen molar-refractivity contribution < 1.29 is 8.42 Å². The summed E-state index contributed by atoms with van der Waals surface area (Å²) in [6.07, 6.45) is 5.17. The van der Waals surface area contributed by atoms with E-state index in [0.717, 1.165) is 12.8 Å². The highest BCUT2D eigenvalue weighted by atomic mass is 32.2. The van der Waals surface area contributed by atoms with E-state index >= 15 is 0 Å². The minimum absolute atomic E-state index is 0.0753. The average Bonchev–Trinajstić information content (AvgIpc) is 2.99. The van der Waals surface area contributed by atoms with Crippen LogP contribution in [0.15, 0.2) is 17.6 Å². The molecular formula is C10H16N4O2S2. The minimum atomic E-state index is -3.53. The number of sulfonamides is 1. The second-order valence-electron chi connectivity index (χ2n) is 4.44. The Morgan fingerprint density at radius 3 is 2.78 bits per heavy atom. The molecule has 1 aliphatic carbocycles. The number of aromatic nitrogens is 2. The Morgan fingerprint density at radius 2 is 2.33 bits per heavy atom. The molecule has 18 heavy (non-hydrogen) atoms. The molecule has 1 saturated carbocycles. The fourth-order valence-electron chi connectivity index (χ4n) is 1.72. The molecular weight excluding hydrogens is 272 g/mol. The van der Waals surface area contributed by atoms with E-state index in [0.29, 0.717) is 18.0 Å². The van der Waals surface area contributed by atoms with E-state index in [2.05, 4.69) is 4.98 Å². The zero-order valence-electron chi connectivity index (χ0n) is 10.1. The van der Waals surface area contributed by atoms with Crippen molar-refractivity contribution in [1.29, 1.82) is 0 Å². The third-order valence-electron chi connectivity index (χ3n) is 2.79. The van der Waals surface area contributed by atoms with Crippen LogP contribution in [-0.2, 0) is 17.1 Å². The Hall–Kier alpha value is -0.990. The summed E-state index contributed by atoms with van der Waals surface area (Å²) >= 11 is 4.80. The number of thiocarbonyl (C=S) groups is 1. The monoisotopic (exact) mass is 288 g/mol. The third-order valence-corrected chi connectivity index (χ3v) is 4.83. The lowest BCUT2D eigenvalue weighted by Crippen LogP contribution is -2.35. The zero-order chi connectivity index (χ0) is 13.3. The van der Waals surface area contributed by atoms with Crippen LogP contribution in [0, 0.1) is 0 Å². The van der Waals surface area contributed by atoms with Gasteiger partial charge >= 0.3 is 0 Å². The van der Waals surface area contributed by atoms with E-state index in [1.165, 1.54) is 16.8 Å². The number of imidazole rings is 1. The first-order valence-electron chi connectivity index (χ1n) is 5.69. The minimum Gasteiger partial charge on any atom is -0.393 e. The Kier molecular flexibility index (Phi) is 3.69. The molecule has 100 valence electrons. The molecule has 0 aromatic carbocycles. The van der Waals surface area contributed by atoms with E-state index in [9.17, 15) is 8.42 Å². The van der Waals surface area contributed by atoms with Crippen molar-refractivity contribution in [3.63, 3.8) is 0 Å². The fourth-order valence-corrected chi connectivity index (χ4v) is 3.47. The van der Waals surface area contributed by atoms with Crippen LogP contribution < -0.4 is 5.73 Å². The van der Waals surface area contributed by atoms with Gasteiger partial charge in [-0.1, -0.05) is 12.2 Å². The molecule has 2 rings (SSSR count). The van der Waals surface area contributed by atoms with Gasteiger partial charge in [0.2, 0.25) is 0 Å². The van der Waals surface area contributed by atoms with E-state index < -0.39 is 10.0 Å². The summed E-state index contributed by atoms with van der Waals surface area (Å²) in [5, 5.41) is 0.0832. The van der Waals surface area contributed by atoms with Crippen molar-refractivity contribution in [2.45, 2.75) is 30.3 Å². The molecule has 0 unspecified atom stereocenters. The SMILES string of the molecule is Cn1cnc(S(=O)(=O)N(CCC(N)=S)C2CC2)c1. The van der Waals surface area contributed by atoms with E-state index in [4.69, 9.17) is 18.0 Å². The van der Waals surface area contributed by atoms with Crippen LogP contribution in [0.5, 0.6) is 0 Å². The summed E-state index contributed by atoms with van der Waals surface area (Å²) in [5.74, 6) is 0. The molecule has 0 spiro atoms. The first kappa shape index (κ1) is 13.4. The average molecular weight is 288 g/mol. The van der Waals surface area contributed by atoms with Gasteiger partial charge in [-0.15, -0.1) is 0 Å². The molecule has 0 bridgehead atoms. The van der Waals surface area contributed by atoms with Crippen molar-refractivity contribution in [1.82, 2.24) is 13.9 Å². The molecule has 0 atom stereocenters. The van der Waals surface area contributed by atoms with Gasteiger partial charge in [-0.25, -0.2) is 13.4 Å². The highest BCUT2D eigenvalue weighted by Crippen LogP contribution is 2.31. The van der Waals surface area contributed by atoms with Crippen LogP contribution in [0.1, 0.15) is 19.3 Å². The lowest BCUT2D eigenvalue weighted by atomic mass is 10.4. The zero-order valence-corrected chi connectivity index (χ0v) is 11.7. The molecule has 1 fully saturated rings. The predicted molar refractivity (Wildman–Crippen MR) is 71.5 cm³/mol. The number of rotatable bonds is 6. The summed E-state index contributed by atoms with van der Waals surface area (Å²) in [5.41, 5.74) is 5.44. The fraction of sp³-hybridized carbons (Fsp3) is 0.600. The van der Waals surface area contributed by atoms with Gasteiger partial charge in [0, 0.05) is 32.3 Å². The second-order valence-corrected chi connectivity index (χ2v) is 6.80. The maximum atomic E-state index is 12.4. The third kappa shape index (κ3) is 2.88. The van der Waals surface area contributed by atoms with Crippen molar-refractivity contribution in [3.8, 4) is 0 Å². The first-order chi connectivity index (χ1) is 8.41. The van der Waals surface area contributed by atoms with Crippen LogP contribution in [0.4, 0.5) is 0 Å². The topological polar surface area (TPSA) is 81.2 Å². The lowest BCUT2D eigenvalue weighted by Gasteiger charge is -2.20. The first-order valence-corrected chi connectivity index (χ1v) is 7.54. The molecule has 1 heterocycles. The molecule has 6 nitrogen and oxygen atoms in total. The lowest BCUT2D eigenvalue weighted by molar-refractivity contribution is 0.411. The van der Waals surface area contributed by atoms with Crippen molar-refractivity contribution in [3.05, 3.63) is 12.5 Å². The molecule has 1 aromatic rings. The predicted octanol–water partition coefficient (Wildman–Crippen LogP) is 0.249. The van der Waals surface area contributed by atoms with E-state index in [1.54, 1.807) is 11.6 Å². The van der Waals surface area contributed by atoms with Gasteiger partial charge in [0.15, 0.2) is 5.03 Å². The molecule has 0 amide bonds. The van der Waals surface area contributed by atoms with Crippen molar-refractivity contribution in [2.24, 2.45) is 12.8 Å². The summed E-state index contributed by atoms with van der Waals surface area (Å²) in [6, 6.07) is 0.0753. The van der Waals surface area contributed by atoms with Crippen LogP contribution in [0.25, 0.3) is 0 Å². The smallest absolute Gasteiger partial charge is 0.262 e. The Bertz CT molecular complexity index is 548. The number of hydrogen-bond donors (Lipinski definition) is 1. The van der Waals surface area contributed by atoms with Crippen LogP contribution >= 0.6 is 12.2 Å². The molecule has 0 saturated heterocycles. The van der Waals surface area contributed by atoms with Gasteiger partial charge in [-0.3, -0.25) is 0 Å². The van der Waals surface area contributed by atoms with Crippen molar-refractivity contribution in [2.75, 3.05) is 6.54 Å². The summed E-state index contributed by atoms with van der Waals surface area (Å²) < 4.78 is 27.9. The molecule has 1 aliphatic rings. The molecule has 0 aliphatic heterocycles. The van der Waals surface area contributed by atoms with Crippen LogP contribution in [0.3, 0.4) is 0 Å². The van der Waals surface area contributed by atoms with Gasteiger partial charge in [0.25, 0.3) is 10.0 Å². The Labute approximate surface area is 112 Å². The van der Waals surface area contributed by atoms with Crippen LogP contribution in [-0.4, -0.2) is 39.8 Å². The molecule has 8 heteroatoms. The highest BCUT2D eigenvalue weighted by molar-refractivity contribution is 7.89. The largest absolute Gasteiger partial charge is 0.393 e. The molecule has 1 aromatic heterocycles. The Morgan fingerprint density at radius 1 is 1.67 bits per heavy atom. The van der Waals surface area contributed by atoms with E-state index in [1.807, 2.05) is 0 Å². The number of aryl methyl sites for hydroxylation is 1. The highest BCUT2D eigenvalue weighted by Gasteiger charge is 2.38. The molecule has 0 radical (unpaired) electrons. The molecule has 2 N–H and O–H groups in total. The Balaban J connectivity index is 2.21. The number of hydrogen-bond acceptors (Lipinski definition) is 4. The van der Waals surface area contributed by atoms with E-state index in [-0.39, 0.29) is 11.1 Å². The maximum absolute atomic E-state index is 12.4. The van der Waals surface area contributed by atoms with Gasteiger partial charge in [0.05, 0.1) is 11.3 Å². The normalized spacial score (nSPS) is 16.1. The maximum Gasteiger partial charge on any atom is 0.262 e. The number of nitrogens with zero attached hydrogens (tertiary/aromatic N) is 3. The summed E-state index contributed by atoms with van der Waals surface area (Å²) in [4.78, 5) is 4.25. The van der Waals surface area contributed by atoms with Crippen LogP contribution in [0.2, 0.25) is 0 Å². The van der Waals surface area contributed by atoms with Gasteiger partial charge in [-0.2, -0.15) is 4.31 Å². The van der Waals surface area contributed by atoms with Crippen molar-refractivity contribution >= 4 is 27.2 Å². The summed E-state index contributed by atoms with van der Waals surface area (Å²) in [6.45, 7) is 0.332. The standard InChI is InChI=1S/C10H16N4O2S2/c1-13-6-10(12-7-13)18(15,16)14(8-2-3-8)5-4-9(11)17/h6-8H,2-5H2,1H3,(H2,11,17). The van der Waals surface area contributed by atoms with Gasteiger partial charge < -0.3 is 10.3 Å². The quantitative estimate of drug-likeness (QED) is 0.759. The van der Waals surface area contributed by atoms with Gasteiger partial charge in [-0.05, 0) is 12.8 Å². The summed E-state index contributed by atoms with van der Waals surface area (Å²) in [7, 11) is -1.79. The van der Waals surface area contributed by atoms with Gasteiger partial charge in [0.1, 0.15) is 0 Å². The number of nitrogens with two attached hydrogens (primary N) is 1. The second kappa shape index (κ2) is 4.94.